The number of aromatic nitrogens is 2. The first-order valence-electron chi connectivity index (χ1n) is 10.7. The van der Waals surface area contributed by atoms with Gasteiger partial charge in [0.2, 0.25) is 0 Å². The molecule has 0 radical (unpaired) electrons. The molecule has 32 heavy (non-hydrogen) atoms. The van der Waals surface area contributed by atoms with Crippen LogP contribution in [-0.2, 0) is 32.0 Å². The highest BCUT2D eigenvalue weighted by molar-refractivity contribution is 5.58. The molecule has 3 aromatic rings. The monoisotopic (exact) mass is 443 g/mol. The van der Waals surface area contributed by atoms with Gasteiger partial charge in [-0.1, -0.05) is 63.2 Å². The van der Waals surface area contributed by atoms with Gasteiger partial charge in [-0.05, 0) is 17.0 Å². The minimum absolute atomic E-state index is 0.0893. The normalized spacial score (nSPS) is 15.0. The van der Waals surface area contributed by atoms with Crippen molar-refractivity contribution in [3.8, 4) is 17.1 Å². The maximum absolute atomic E-state index is 12.8. The van der Waals surface area contributed by atoms with Crippen LogP contribution in [0.2, 0.25) is 0 Å². The molecule has 0 bridgehead atoms. The number of para-hydroxylation sites is 1. The third kappa shape index (κ3) is 4.83. The Hall–Kier alpha value is -2.80. The molecule has 1 aliphatic rings. The lowest BCUT2D eigenvalue weighted by atomic mass is 9.87. The molecule has 0 fully saturated rings. The minimum Gasteiger partial charge on any atom is -0.405 e. The van der Waals surface area contributed by atoms with Crippen molar-refractivity contribution in [2.24, 2.45) is 7.05 Å². The molecular weight excluding hydrogens is 415 g/mol. The van der Waals surface area contributed by atoms with Gasteiger partial charge in [-0.15, -0.1) is 13.2 Å². The highest BCUT2D eigenvalue weighted by atomic mass is 19.4. The summed E-state index contributed by atoms with van der Waals surface area (Å²) in [5.74, 6) is 0.772. The summed E-state index contributed by atoms with van der Waals surface area (Å²) in [4.78, 5) is 7.02. The van der Waals surface area contributed by atoms with E-state index in [0.717, 1.165) is 35.7 Å². The highest BCUT2D eigenvalue weighted by Gasteiger charge is 2.32. The van der Waals surface area contributed by atoms with Crippen LogP contribution in [-0.4, -0.2) is 27.4 Å². The van der Waals surface area contributed by atoms with E-state index in [4.69, 9.17) is 4.98 Å². The standard InChI is InChI=1S/C25H28F3N3O/c1-24(2,3)19-11-9-17(10-12-19)23-29-20-13-14-31(16-21(20)30(23)4)15-18-7-5-6-8-22(18)32-25(26,27)28/h5-12H,13-16H2,1-4H3. The molecule has 2 heterocycles. The van der Waals surface area contributed by atoms with Gasteiger partial charge in [0, 0.05) is 44.2 Å². The van der Waals surface area contributed by atoms with E-state index in [1.54, 1.807) is 18.2 Å². The summed E-state index contributed by atoms with van der Waals surface area (Å²) in [6.45, 7) is 8.30. The Kier molecular flexibility index (Phi) is 5.79. The van der Waals surface area contributed by atoms with Gasteiger partial charge in [0.05, 0.1) is 11.4 Å². The van der Waals surface area contributed by atoms with E-state index < -0.39 is 6.36 Å². The first-order valence-corrected chi connectivity index (χ1v) is 10.7. The molecule has 0 atom stereocenters. The number of fused-ring (bicyclic) bond motifs is 1. The Bertz CT molecular complexity index is 1100. The smallest absolute Gasteiger partial charge is 0.405 e. The quantitative estimate of drug-likeness (QED) is 0.507. The van der Waals surface area contributed by atoms with Crippen molar-refractivity contribution in [3.63, 3.8) is 0 Å². The lowest BCUT2D eigenvalue weighted by molar-refractivity contribution is -0.275. The van der Waals surface area contributed by atoms with E-state index in [1.807, 2.05) is 7.05 Å². The molecule has 0 unspecified atom stereocenters. The van der Waals surface area contributed by atoms with Crippen molar-refractivity contribution in [1.29, 1.82) is 0 Å². The minimum atomic E-state index is -4.70. The van der Waals surface area contributed by atoms with Gasteiger partial charge in [-0.25, -0.2) is 4.98 Å². The molecule has 170 valence electrons. The van der Waals surface area contributed by atoms with Crippen LogP contribution >= 0.6 is 0 Å². The van der Waals surface area contributed by atoms with E-state index >= 15 is 0 Å². The largest absolute Gasteiger partial charge is 0.573 e. The van der Waals surface area contributed by atoms with Crippen LogP contribution in [0, 0.1) is 0 Å². The van der Waals surface area contributed by atoms with Gasteiger partial charge in [-0.3, -0.25) is 4.90 Å². The van der Waals surface area contributed by atoms with Crippen molar-refractivity contribution in [1.82, 2.24) is 14.5 Å². The van der Waals surface area contributed by atoms with Gasteiger partial charge >= 0.3 is 6.36 Å². The summed E-state index contributed by atoms with van der Waals surface area (Å²) in [5.41, 5.74) is 5.09. The number of hydrogen-bond donors (Lipinski definition) is 0. The predicted octanol–water partition coefficient (Wildman–Crippen LogP) is 5.84. The molecule has 0 amide bonds. The molecule has 0 aliphatic carbocycles. The van der Waals surface area contributed by atoms with E-state index in [2.05, 4.69) is 59.2 Å². The fraction of sp³-hybridized carbons (Fsp3) is 0.400. The maximum atomic E-state index is 12.8. The van der Waals surface area contributed by atoms with Gasteiger partial charge in [0.1, 0.15) is 11.6 Å². The topological polar surface area (TPSA) is 30.3 Å². The van der Waals surface area contributed by atoms with E-state index in [-0.39, 0.29) is 11.2 Å². The van der Waals surface area contributed by atoms with Crippen molar-refractivity contribution >= 4 is 0 Å². The molecule has 0 saturated heterocycles. The van der Waals surface area contributed by atoms with Crippen molar-refractivity contribution in [2.45, 2.75) is 52.1 Å². The first-order chi connectivity index (χ1) is 15.0. The van der Waals surface area contributed by atoms with Crippen molar-refractivity contribution in [3.05, 3.63) is 71.0 Å². The molecule has 0 saturated carbocycles. The molecule has 4 rings (SSSR count). The zero-order valence-corrected chi connectivity index (χ0v) is 18.8. The summed E-state index contributed by atoms with van der Waals surface area (Å²) in [7, 11) is 2.00. The van der Waals surface area contributed by atoms with Crippen molar-refractivity contribution < 1.29 is 17.9 Å². The Morgan fingerprint density at radius 3 is 2.34 bits per heavy atom. The summed E-state index contributed by atoms with van der Waals surface area (Å²) >= 11 is 0. The fourth-order valence-corrected chi connectivity index (χ4v) is 4.15. The number of nitrogens with zero attached hydrogens (tertiary/aromatic N) is 3. The summed E-state index contributed by atoms with van der Waals surface area (Å²) in [6.07, 6.45) is -3.95. The van der Waals surface area contributed by atoms with Gasteiger partial charge in [0.25, 0.3) is 0 Å². The average Bonchev–Trinajstić information content (AvgIpc) is 3.04. The number of ether oxygens (including phenoxy) is 1. The molecule has 4 nitrogen and oxygen atoms in total. The third-order valence-corrected chi connectivity index (χ3v) is 5.94. The second-order valence-electron chi connectivity index (χ2n) is 9.33. The lowest BCUT2D eigenvalue weighted by Crippen LogP contribution is -2.31. The number of benzene rings is 2. The van der Waals surface area contributed by atoms with E-state index in [0.29, 0.717) is 18.7 Å². The third-order valence-electron chi connectivity index (χ3n) is 5.94. The summed E-state index contributed by atoms with van der Waals surface area (Å²) in [6, 6.07) is 14.8. The number of alkyl halides is 3. The molecule has 7 heteroatoms. The zero-order chi connectivity index (χ0) is 23.1. The summed E-state index contributed by atoms with van der Waals surface area (Å²) in [5, 5.41) is 0. The Morgan fingerprint density at radius 1 is 1.00 bits per heavy atom. The average molecular weight is 444 g/mol. The summed E-state index contributed by atoms with van der Waals surface area (Å²) < 4.78 is 44.6. The molecule has 1 aromatic heterocycles. The molecular formula is C25H28F3N3O. The van der Waals surface area contributed by atoms with Crippen LogP contribution in [0.15, 0.2) is 48.5 Å². The lowest BCUT2D eigenvalue weighted by Gasteiger charge is -2.27. The van der Waals surface area contributed by atoms with Gasteiger partial charge < -0.3 is 9.30 Å². The molecule has 2 aromatic carbocycles. The van der Waals surface area contributed by atoms with Crippen LogP contribution in [0.4, 0.5) is 13.2 Å². The Morgan fingerprint density at radius 2 is 1.69 bits per heavy atom. The fourth-order valence-electron chi connectivity index (χ4n) is 4.15. The van der Waals surface area contributed by atoms with E-state index in [9.17, 15) is 13.2 Å². The van der Waals surface area contributed by atoms with Crippen LogP contribution in [0.3, 0.4) is 0 Å². The van der Waals surface area contributed by atoms with Crippen LogP contribution < -0.4 is 4.74 Å². The molecule has 0 spiro atoms. The SMILES string of the molecule is Cn1c(-c2ccc(C(C)(C)C)cc2)nc2c1CN(Cc1ccccc1OC(F)(F)F)CC2. The van der Waals surface area contributed by atoms with Gasteiger partial charge in [-0.2, -0.15) is 0 Å². The first kappa shape index (κ1) is 22.4. The maximum Gasteiger partial charge on any atom is 0.573 e. The molecule has 0 N–H and O–H groups in total. The predicted molar refractivity (Wildman–Crippen MR) is 118 cm³/mol. The second-order valence-corrected chi connectivity index (χ2v) is 9.33. The highest BCUT2D eigenvalue weighted by Crippen LogP contribution is 2.31. The molecule has 1 aliphatic heterocycles. The van der Waals surface area contributed by atoms with Crippen LogP contribution in [0.5, 0.6) is 5.75 Å². The number of rotatable bonds is 4. The second kappa shape index (κ2) is 8.28. The van der Waals surface area contributed by atoms with Gasteiger partial charge in [0.15, 0.2) is 0 Å². The van der Waals surface area contributed by atoms with Crippen LogP contribution in [0.25, 0.3) is 11.4 Å². The zero-order valence-electron chi connectivity index (χ0n) is 18.8. The number of hydrogen-bond acceptors (Lipinski definition) is 3. The number of halogens is 3. The Balaban J connectivity index is 1.54. The number of imidazole rings is 1. The Labute approximate surface area is 186 Å². The van der Waals surface area contributed by atoms with Crippen LogP contribution in [0.1, 0.15) is 43.3 Å². The van der Waals surface area contributed by atoms with E-state index in [1.165, 1.54) is 11.6 Å². The van der Waals surface area contributed by atoms with Crippen molar-refractivity contribution in [2.75, 3.05) is 6.54 Å².